The van der Waals surface area contributed by atoms with E-state index in [0.29, 0.717) is 10.8 Å². The number of pyridine rings is 1. The first-order valence-corrected chi connectivity index (χ1v) is 4.84. The average Bonchev–Trinajstić information content (AvgIpc) is 2.25. The number of benzene rings is 1. The summed E-state index contributed by atoms with van der Waals surface area (Å²) in [6.07, 6.45) is -2.89. The van der Waals surface area contributed by atoms with Crippen molar-refractivity contribution in [3.05, 3.63) is 30.5 Å². The predicted molar refractivity (Wildman–Crippen MR) is 58.0 cm³/mol. The third-order valence-electron chi connectivity index (χ3n) is 2.21. The van der Waals surface area contributed by atoms with Gasteiger partial charge in [0, 0.05) is 11.6 Å². The van der Waals surface area contributed by atoms with Crippen molar-refractivity contribution in [3.8, 4) is 5.75 Å². The topological polar surface area (TPSA) is 45.2 Å². The second-order valence-corrected chi connectivity index (χ2v) is 3.53. The van der Waals surface area contributed by atoms with Crippen molar-refractivity contribution in [1.29, 1.82) is 0 Å². The molecule has 0 radical (unpaired) electrons. The molecule has 0 saturated carbocycles. The summed E-state index contributed by atoms with van der Waals surface area (Å²) in [4.78, 5) is 3.83. The molecule has 6 heteroatoms. The highest BCUT2D eigenvalue weighted by molar-refractivity contribution is 5.92. The first kappa shape index (κ1) is 11.5. The summed E-state index contributed by atoms with van der Waals surface area (Å²) in [5, 5.41) is 12.7. The van der Waals surface area contributed by atoms with E-state index in [1.54, 1.807) is 12.1 Å². The summed E-state index contributed by atoms with van der Waals surface area (Å²) in [6.45, 7) is -1.16. The van der Waals surface area contributed by atoms with Crippen molar-refractivity contribution in [3.63, 3.8) is 0 Å². The van der Waals surface area contributed by atoms with E-state index in [1.165, 1.54) is 18.3 Å². The number of aromatic hydroxyl groups is 1. The minimum atomic E-state index is -4.30. The molecule has 0 amide bonds. The fourth-order valence-electron chi connectivity index (χ4n) is 1.48. The zero-order valence-corrected chi connectivity index (χ0v) is 8.62. The maximum atomic E-state index is 12.1. The number of anilines is 1. The number of nitrogens with zero attached hydrogens (tertiary/aromatic N) is 1. The largest absolute Gasteiger partial charge is 0.508 e. The van der Waals surface area contributed by atoms with Gasteiger partial charge in [-0.3, -0.25) is 0 Å². The monoisotopic (exact) mass is 242 g/mol. The van der Waals surface area contributed by atoms with Gasteiger partial charge in [-0.2, -0.15) is 13.2 Å². The van der Waals surface area contributed by atoms with Crippen LogP contribution in [0.4, 0.5) is 19.0 Å². The second-order valence-electron chi connectivity index (χ2n) is 3.53. The fourth-order valence-corrected chi connectivity index (χ4v) is 1.48. The van der Waals surface area contributed by atoms with E-state index < -0.39 is 12.7 Å². The van der Waals surface area contributed by atoms with E-state index >= 15 is 0 Å². The summed E-state index contributed by atoms with van der Waals surface area (Å²) in [6, 6.07) is 6.12. The minimum Gasteiger partial charge on any atom is -0.508 e. The lowest BCUT2D eigenvalue weighted by atomic mass is 10.1. The van der Waals surface area contributed by atoms with Crippen molar-refractivity contribution >= 4 is 16.6 Å². The normalized spacial score (nSPS) is 11.7. The molecular weight excluding hydrogens is 233 g/mol. The lowest BCUT2D eigenvalue weighted by Gasteiger charge is -2.10. The molecule has 1 aromatic carbocycles. The SMILES string of the molecule is Oc1ccc2ccnc(NCC(F)(F)F)c2c1. The van der Waals surface area contributed by atoms with Gasteiger partial charge in [0.25, 0.3) is 0 Å². The van der Waals surface area contributed by atoms with E-state index in [-0.39, 0.29) is 11.6 Å². The lowest BCUT2D eigenvalue weighted by Crippen LogP contribution is -2.21. The number of aromatic nitrogens is 1. The van der Waals surface area contributed by atoms with Gasteiger partial charge >= 0.3 is 6.18 Å². The quantitative estimate of drug-likeness (QED) is 0.851. The van der Waals surface area contributed by atoms with Gasteiger partial charge in [0.2, 0.25) is 0 Å². The van der Waals surface area contributed by atoms with Crippen LogP contribution in [0.2, 0.25) is 0 Å². The number of halogens is 3. The summed E-state index contributed by atoms with van der Waals surface area (Å²) in [5.41, 5.74) is 0. The van der Waals surface area contributed by atoms with Crippen molar-refractivity contribution in [1.82, 2.24) is 4.98 Å². The summed E-state index contributed by atoms with van der Waals surface area (Å²) in [5.74, 6) is 0.0938. The summed E-state index contributed by atoms with van der Waals surface area (Å²) in [7, 11) is 0. The van der Waals surface area contributed by atoms with Gasteiger partial charge in [0.05, 0.1) is 0 Å². The Labute approximate surface area is 94.9 Å². The first-order valence-electron chi connectivity index (χ1n) is 4.84. The first-order chi connectivity index (χ1) is 7.96. The molecule has 3 nitrogen and oxygen atoms in total. The molecule has 0 aliphatic heterocycles. The van der Waals surface area contributed by atoms with Crippen LogP contribution < -0.4 is 5.32 Å². The number of hydrogen-bond donors (Lipinski definition) is 2. The molecule has 0 aliphatic rings. The number of rotatable bonds is 2. The Morgan fingerprint density at radius 2 is 2.00 bits per heavy atom. The molecule has 0 aliphatic carbocycles. The van der Waals surface area contributed by atoms with Crippen LogP contribution in [0, 0.1) is 0 Å². The Hall–Kier alpha value is -1.98. The van der Waals surface area contributed by atoms with Crippen LogP contribution >= 0.6 is 0 Å². The minimum absolute atomic E-state index is 0.0134. The molecule has 2 rings (SSSR count). The van der Waals surface area contributed by atoms with Gasteiger partial charge in [-0.25, -0.2) is 4.98 Å². The number of nitrogens with one attached hydrogen (secondary N) is 1. The number of fused-ring (bicyclic) bond motifs is 1. The number of phenolic OH excluding ortho intramolecular Hbond substituents is 1. The van der Waals surface area contributed by atoms with Gasteiger partial charge in [0.1, 0.15) is 18.1 Å². The van der Waals surface area contributed by atoms with E-state index in [2.05, 4.69) is 10.3 Å². The molecule has 2 N–H and O–H groups in total. The fraction of sp³-hybridized carbons (Fsp3) is 0.182. The van der Waals surface area contributed by atoms with E-state index in [0.717, 1.165) is 0 Å². The number of alkyl halides is 3. The maximum absolute atomic E-state index is 12.1. The smallest absolute Gasteiger partial charge is 0.405 e. The molecule has 17 heavy (non-hydrogen) atoms. The van der Waals surface area contributed by atoms with Crippen molar-refractivity contribution < 1.29 is 18.3 Å². The molecular formula is C11H9F3N2O. The van der Waals surface area contributed by atoms with Crippen LogP contribution in [-0.4, -0.2) is 22.8 Å². The molecule has 1 heterocycles. The van der Waals surface area contributed by atoms with Crippen LogP contribution in [-0.2, 0) is 0 Å². The predicted octanol–water partition coefficient (Wildman–Crippen LogP) is 2.91. The van der Waals surface area contributed by atoms with Gasteiger partial charge in [-0.15, -0.1) is 0 Å². The van der Waals surface area contributed by atoms with E-state index in [4.69, 9.17) is 0 Å². The highest BCUT2D eigenvalue weighted by Crippen LogP contribution is 2.26. The molecule has 1 aromatic heterocycles. The highest BCUT2D eigenvalue weighted by Gasteiger charge is 2.27. The molecule has 0 spiro atoms. The van der Waals surface area contributed by atoms with Crippen LogP contribution in [0.15, 0.2) is 30.5 Å². The van der Waals surface area contributed by atoms with Crippen molar-refractivity contribution in [2.75, 3.05) is 11.9 Å². The molecule has 90 valence electrons. The van der Waals surface area contributed by atoms with Crippen LogP contribution in [0.25, 0.3) is 10.8 Å². The third kappa shape index (κ3) is 2.77. The average molecular weight is 242 g/mol. The Kier molecular flexibility index (Phi) is 2.79. The van der Waals surface area contributed by atoms with E-state index in [1.807, 2.05) is 0 Å². The Balaban J connectivity index is 2.36. The molecule has 0 fully saturated rings. The second kappa shape index (κ2) is 4.12. The maximum Gasteiger partial charge on any atom is 0.405 e. The Bertz CT molecular complexity index is 540. The Morgan fingerprint density at radius 3 is 2.71 bits per heavy atom. The molecule has 0 bridgehead atoms. The standard InChI is InChI=1S/C11H9F3N2O/c12-11(13,14)6-16-10-9-5-8(17)2-1-7(9)3-4-15-10/h1-5,17H,6H2,(H,15,16). The van der Waals surface area contributed by atoms with E-state index in [9.17, 15) is 18.3 Å². The van der Waals surface area contributed by atoms with Gasteiger partial charge in [0.15, 0.2) is 0 Å². The van der Waals surface area contributed by atoms with Gasteiger partial charge in [-0.1, -0.05) is 6.07 Å². The summed E-state index contributed by atoms with van der Waals surface area (Å²) < 4.78 is 36.2. The third-order valence-corrected chi connectivity index (χ3v) is 2.21. The molecule has 0 saturated heterocycles. The van der Waals surface area contributed by atoms with Gasteiger partial charge in [-0.05, 0) is 23.6 Å². The van der Waals surface area contributed by atoms with Crippen molar-refractivity contribution in [2.24, 2.45) is 0 Å². The zero-order valence-electron chi connectivity index (χ0n) is 8.62. The van der Waals surface area contributed by atoms with Crippen LogP contribution in [0.3, 0.4) is 0 Å². The highest BCUT2D eigenvalue weighted by atomic mass is 19.4. The number of phenols is 1. The Morgan fingerprint density at radius 1 is 1.24 bits per heavy atom. The van der Waals surface area contributed by atoms with Crippen LogP contribution in [0.1, 0.15) is 0 Å². The zero-order chi connectivity index (χ0) is 12.5. The van der Waals surface area contributed by atoms with Gasteiger partial charge < -0.3 is 10.4 Å². The molecule has 0 unspecified atom stereocenters. The lowest BCUT2D eigenvalue weighted by molar-refractivity contribution is -0.115. The van der Waals surface area contributed by atoms with Crippen molar-refractivity contribution in [2.45, 2.75) is 6.18 Å². The van der Waals surface area contributed by atoms with Crippen LogP contribution in [0.5, 0.6) is 5.75 Å². The number of hydrogen-bond acceptors (Lipinski definition) is 3. The molecule has 2 aromatic rings. The summed E-state index contributed by atoms with van der Waals surface area (Å²) >= 11 is 0. The molecule has 0 atom stereocenters.